The van der Waals surface area contributed by atoms with Crippen LogP contribution in [0.4, 0.5) is 11.5 Å². The molecule has 0 fully saturated rings. The molecule has 1 aromatic carbocycles. The lowest BCUT2D eigenvalue weighted by atomic mass is 9.98. The molecule has 0 unspecified atom stereocenters. The Morgan fingerprint density at radius 3 is 2.50 bits per heavy atom. The summed E-state index contributed by atoms with van der Waals surface area (Å²) in [4.78, 5) is 12.1. The van der Waals surface area contributed by atoms with Crippen LogP contribution in [0.2, 0.25) is 0 Å². The molecule has 0 radical (unpaired) electrons. The number of hydrogen-bond donors (Lipinski definition) is 2. The highest BCUT2D eigenvalue weighted by Gasteiger charge is 2.14. The third kappa shape index (κ3) is 4.10. The van der Waals surface area contributed by atoms with Crippen molar-refractivity contribution in [3.8, 4) is 0 Å². The number of carbonyl (C=O) groups excluding carboxylic acids is 1. The fourth-order valence-electron chi connectivity index (χ4n) is 2.12. The van der Waals surface area contributed by atoms with Crippen molar-refractivity contribution in [1.82, 2.24) is 5.16 Å². The number of aryl methyl sites for hydroxylation is 1. The van der Waals surface area contributed by atoms with Crippen LogP contribution in [-0.2, 0) is 4.79 Å². The highest BCUT2D eigenvalue weighted by atomic mass is 16.5. The van der Waals surface area contributed by atoms with Crippen LogP contribution >= 0.6 is 0 Å². The molecule has 0 aliphatic carbocycles. The van der Waals surface area contributed by atoms with Crippen LogP contribution in [0, 0.1) is 6.92 Å². The van der Waals surface area contributed by atoms with Crippen LogP contribution in [0.3, 0.4) is 0 Å². The smallest absolute Gasteiger partial charge is 0.247 e. The molecule has 0 saturated heterocycles. The molecule has 118 valence electrons. The van der Waals surface area contributed by atoms with E-state index in [0.29, 0.717) is 17.5 Å². The van der Waals surface area contributed by atoms with Crippen molar-refractivity contribution in [2.24, 2.45) is 0 Å². The average Bonchev–Trinajstić information content (AvgIpc) is 2.92. The first kappa shape index (κ1) is 16.1. The average molecular weight is 301 g/mol. The van der Waals surface area contributed by atoms with Gasteiger partial charge in [-0.15, -0.1) is 0 Å². The molecule has 5 heteroatoms. The van der Waals surface area contributed by atoms with Crippen molar-refractivity contribution in [2.75, 3.05) is 10.6 Å². The molecule has 0 saturated carbocycles. The van der Waals surface area contributed by atoms with Gasteiger partial charge in [-0.3, -0.25) is 4.79 Å². The van der Waals surface area contributed by atoms with Crippen LogP contribution in [0.1, 0.15) is 44.4 Å². The minimum absolute atomic E-state index is 0.153. The molecule has 22 heavy (non-hydrogen) atoms. The Balaban J connectivity index is 1.93. The van der Waals surface area contributed by atoms with Gasteiger partial charge in [0.1, 0.15) is 11.8 Å². The minimum Gasteiger partial charge on any atom is -0.374 e. The summed E-state index contributed by atoms with van der Waals surface area (Å²) in [6, 6.07) is 9.53. The quantitative estimate of drug-likeness (QED) is 0.848. The Kier molecular flexibility index (Phi) is 5.20. The van der Waals surface area contributed by atoms with Crippen molar-refractivity contribution < 1.29 is 9.32 Å². The monoisotopic (exact) mass is 301 g/mol. The molecule has 1 aromatic heterocycles. The first-order valence-corrected chi connectivity index (χ1v) is 7.60. The Labute approximate surface area is 131 Å². The summed E-state index contributed by atoms with van der Waals surface area (Å²) in [6.07, 6.45) is 1.11. The summed E-state index contributed by atoms with van der Waals surface area (Å²) in [5.74, 6) is 1.49. The number of nitrogens with zero attached hydrogens (tertiary/aromatic N) is 1. The van der Waals surface area contributed by atoms with Gasteiger partial charge in [0.25, 0.3) is 0 Å². The summed E-state index contributed by atoms with van der Waals surface area (Å²) in [7, 11) is 0. The van der Waals surface area contributed by atoms with Gasteiger partial charge < -0.3 is 15.2 Å². The van der Waals surface area contributed by atoms with Crippen LogP contribution in [0.15, 0.2) is 34.9 Å². The lowest BCUT2D eigenvalue weighted by Crippen LogP contribution is -2.31. The first-order valence-electron chi connectivity index (χ1n) is 7.60. The predicted octanol–water partition coefficient (Wildman–Crippen LogP) is 3.94. The van der Waals surface area contributed by atoms with Crippen molar-refractivity contribution in [1.29, 1.82) is 0 Å². The zero-order valence-corrected chi connectivity index (χ0v) is 13.5. The molecular formula is C17H23N3O2. The van der Waals surface area contributed by atoms with E-state index < -0.39 is 0 Å². The molecule has 0 aliphatic heterocycles. The highest BCUT2D eigenvalue weighted by molar-refractivity contribution is 5.95. The van der Waals surface area contributed by atoms with Crippen molar-refractivity contribution in [3.63, 3.8) is 0 Å². The molecule has 5 nitrogen and oxygen atoms in total. The molecule has 0 bridgehead atoms. The number of rotatable bonds is 6. The SMILES string of the molecule is CC[C@H](C)c1ccc(N[C@H](C)C(=O)Nc2cc(C)on2)cc1. The Morgan fingerprint density at radius 1 is 1.27 bits per heavy atom. The summed E-state index contributed by atoms with van der Waals surface area (Å²) >= 11 is 0. The summed E-state index contributed by atoms with van der Waals surface area (Å²) in [5.41, 5.74) is 2.23. The van der Waals surface area contributed by atoms with E-state index in [-0.39, 0.29) is 11.9 Å². The van der Waals surface area contributed by atoms with Crippen LogP contribution in [0.25, 0.3) is 0 Å². The van der Waals surface area contributed by atoms with E-state index in [1.165, 1.54) is 5.56 Å². The van der Waals surface area contributed by atoms with Gasteiger partial charge in [-0.05, 0) is 43.9 Å². The Hall–Kier alpha value is -2.30. The number of carbonyl (C=O) groups is 1. The normalized spacial score (nSPS) is 13.5. The molecule has 0 spiro atoms. The van der Waals surface area contributed by atoms with Crippen LogP contribution in [-0.4, -0.2) is 17.1 Å². The number of aromatic nitrogens is 1. The van der Waals surface area contributed by atoms with E-state index in [9.17, 15) is 4.79 Å². The summed E-state index contributed by atoms with van der Waals surface area (Å²) in [6.45, 7) is 7.97. The molecule has 1 amide bonds. The molecule has 2 atom stereocenters. The van der Waals surface area contributed by atoms with Crippen LogP contribution in [0.5, 0.6) is 0 Å². The fraction of sp³-hybridized carbons (Fsp3) is 0.412. The van der Waals surface area contributed by atoms with Crippen molar-refractivity contribution in [2.45, 2.75) is 46.1 Å². The number of nitrogens with one attached hydrogen (secondary N) is 2. The predicted molar refractivity (Wildman–Crippen MR) is 88.1 cm³/mol. The first-order chi connectivity index (χ1) is 10.5. The van der Waals surface area contributed by atoms with Gasteiger partial charge in [0.15, 0.2) is 5.82 Å². The third-order valence-corrected chi connectivity index (χ3v) is 3.75. The zero-order chi connectivity index (χ0) is 16.1. The third-order valence-electron chi connectivity index (χ3n) is 3.75. The van der Waals surface area contributed by atoms with Gasteiger partial charge >= 0.3 is 0 Å². The maximum atomic E-state index is 12.1. The van der Waals surface area contributed by atoms with E-state index in [0.717, 1.165) is 12.1 Å². The van der Waals surface area contributed by atoms with Gasteiger partial charge in [-0.2, -0.15) is 0 Å². The maximum Gasteiger partial charge on any atom is 0.247 e. The van der Waals surface area contributed by atoms with Gasteiger partial charge in [-0.1, -0.05) is 31.1 Å². The fourth-order valence-corrected chi connectivity index (χ4v) is 2.12. The highest BCUT2D eigenvalue weighted by Crippen LogP contribution is 2.21. The topological polar surface area (TPSA) is 67.2 Å². The van der Waals surface area contributed by atoms with Gasteiger partial charge in [0.2, 0.25) is 5.91 Å². The van der Waals surface area contributed by atoms with Gasteiger partial charge in [0, 0.05) is 11.8 Å². The zero-order valence-electron chi connectivity index (χ0n) is 13.5. The van der Waals surface area contributed by atoms with E-state index in [1.54, 1.807) is 13.0 Å². The lowest BCUT2D eigenvalue weighted by molar-refractivity contribution is -0.116. The maximum absolute atomic E-state index is 12.1. The van der Waals surface area contributed by atoms with Crippen molar-refractivity contribution >= 4 is 17.4 Å². The van der Waals surface area contributed by atoms with E-state index in [2.05, 4.69) is 41.8 Å². The largest absolute Gasteiger partial charge is 0.374 e. The second-order valence-electron chi connectivity index (χ2n) is 5.61. The lowest BCUT2D eigenvalue weighted by Gasteiger charge is -2.15. The van der Waals surface area contributed by atoms with E-state index >= 15 is 0 Å². The van der Waals surface area contributed by atoms with Gasteiger partial charge in [0.05, 0.1) is 0 Å². The molecule has 2 rings (SSSR count). The van der Waals surface area contributed by atoms with Crippen LogP contribution < -0.4 is 10.6 Å². The number of benzene rings is 1. The second-order valence-corrected chi connectivity index (χ2v) is 5.61. The Bertz CT molecular complexity index is 619. The summed E-state index contributed by atoms with van der Waals surface area (Å²) in [5, 5.41) is 9.65. The van der Waals surface area contributed by atoms with Crippen molar-refractivity contribution in [3.05, 3.63) is 41.7 Å². The number of anilines is 2. The molecule has 0 aliphatic rings. The second kappa shape index (κ2) is 7.11. The van der Waals surface area contributed by atoms with E-state index in [1.807, 2.05) is 19.1 Å². The molecule has 2 aromatic rings. The molecule has 2 N–H and O–H groups in total. The number of amides is 1. The van der Waals surface area contributed by atoms with E-state index in [4.69, 9.17) is 4.52 Å². The summed E-state index contributed by atoms with van der Waals surface area (Å²) < 4.78 is 4.92. The molecule has 1 heterocycles. The number of hydrogen-bond acceptors (Lipinski definition) is 4. The molecular weight excluding hydrogens is 278 g/mol. The standard InChI is InChI=1S/C17H23N3O2/c1-5-11(2)14-6-8-15(9-7-14)18-13(4)17(21)19-16-10-12(3)22-20-16/h6-11,13,18H,5H2,1-4H3,(H,19,20,21)/t11-,13+/m0/s1. The Morgan fingerprint density at radius 2 is 1.95 bits per heavy atom. The minimum atomic E-state index is -0.369. The van der Waals surface area contributed by atoms with Gasteiger partial charge in [-0.25, -0.2) is 0 Å².